The molecule has 116 valence electrons. The topological polar surface area (TPSA) is 26.3 Å². The van der Waals surface area contributed by atoms with E-state index in [1.165, 1.54) is 24.8 Å². The lowest BCUT2D eigenvalue weighted by Gasteiger charge is -2.54. The molecule has 2 spiro atoms. The fraction of sp³-hybridized carbons (Fsp3) is 0.650. The van der Waals surface area contributed by atoms with Crippen LogP contribution < -0.4 is 0 Å². The summed E-state index contributed by atoms with van der Waals surface area (Å²) in [5.74, 6) is 1.56. The molecule has 0 N–H and O–H groups in total. The average Bonchev–Trinajstić information content (AvgIpc) is 2.97. The van der Waals surface area contributed by atoms with Crippen LogP contribution in [0.4, 0.5) is 0 Å². The van der Waals surface area contributed by atoms with Crippen molar-refractivity contribution in [1.82, 2.24) is 0 Å². The molecule has 2 bridgehead atoms. The highest BCUT2D eigenvalue weighted by Gasteiger charge is 2.65. The monoisotopic (exact) mass is 296 g/mol. The van der Waals surface area contributed by atoms with Crippen LogP contribution in [-0.4, -0.2) is 17.0 Å². The van der Waals surface area contributed by atoms with Crippen LogP contribution >= 0.6 is 0 Å². The summed E-state index contributed by atoms with van der Waals surface area (Å²) in [5, 5.41) is 0. The summed E-state index contributed by atoms with van der Waals surface area (Å²) in [5.41, 5.74) is 2.67. The SMILES string of the molecule is C[C@H]1CC[C@@H]2[C@]1(C)CCC1=CC3=CC(=O)C=C[C@]34CC[C@@]12O4. The highest BCUT2D eigenvalue weighted by molar-refractivity contribution is 6.02. The van der Waals surface area contributed by atoms with Crippen molar-refractivity contribution >= 4 is 5.78 Å². The Balaban J connectivity index is 1.67. The molecule has 1 saturated heterocycles. The van der Waals surface area contributed by atoms with E-state index in [9.17, 15) is 4.79 Å². The van der Waals surface area contributed by atoms with Gasteiger partial charge in [0.1, 0.15) is 5.60 Å². The molecule has 3 fully saturated rings. The fourth-order valence-corrected chi connectivity index (χ4v) is 6.22. The third kappa shape index (κ3) is 1.34. The van der Waals surface area contributed by atoms with Gasteiger partial charge in [-0.2, -0.15) is 0 Å². The summed E-state index contributed by atoms with van der Waals surface area (Å²) in [4.78, 5) is 11.8. The van der Waals surface area contributed by atoms with E-state index in [0.29, 0.717) is 11.3 Å². The second-order valence-corrected chi connectivity index (χ2v) is 8.42. The minimum Gasteiger partial charge on any atom is -0.355 e. The van der Waals surface area contributed by atoms with Crippen molar-refractivity contribution in [3.63, 3.8) is 0 Å². The summed E-state index contributed by atoms with van der Waals surface area (Å²) in [7, 11) is 0. The minimum absolute atomic E-state index is 0.0418. The Bertz CT molecular complexity index is 669. The molecule has 0 unspecified atom stereocenters. The molecule has 0 radical (unpaired) electrons. The van der Waals surface area contributed by atoms with Crippen LogP contribution in [0.3, 0.4) is 0 Å². The smallest absolute Gasteiger partial charge is 0.178 e. The number of ether oxygens (including phenoxy) is 1. The molecule has 22 heavy (non-hydrogen) atoms. The number of hydrogen-bond acceptors (Lipinski definition) is 2. The second-order valence-electron chi connectivity index (χ2n) is 8.42. The van der Waals surface area contributed by atoms with Gasteiger partial charge in [0.15, 0.2) is 5.78 Å². The van der Waals surface area contributed by atoms with Gasteiger partial charge in [0, 0.05) is 0 Å². The molecular weight excluding hydrogens is 272 g/mol. The van der Waals surface area contributed by atoms with Crippen LogP contribution in [0.5, 0.6) is 0 Å². The van der Waals surface area contributed by atoms with Crippen molar-refractivity contribution in [1.29, 1.82) is 0 Å². The highest BCUT2D eigenvalue weighted by atomic mass is 16.5. The third-order valence-electron chi connectivity index (χ3n) is 7.71. The Morgan fingerprint density at radius 1 is 1.18 bits per heavy atom. The number of ketones is 1. The number of allylic oxidation sites excluding steroid dienone is 2. The van der Waals surface area contributed by atoms with Gasteiger partial charge in [0.05, 0.1) is 5.60 Å². The maximum absolute atomic E-state index is 11.8. The van der Waals surface area contributed by atoms with E-state index < -0.39 is 0 Å². The van der Waals surface area contributed by atoms with Gasteiger partial charge in [-0.05, 0) is 85.2 Å². The number of carbonyl (C=O) groups is 1. The lowest BCUT2D eigenvalue weighted by molar-refractivity contribution is -0.126. The molecule has 2 saturated carbocycles. The zero-order chi connectivity index (χ0) is 15.2. The largest absolute Gasteiger partial charge is 0.355 e. The van der Waals surface area contributed by atoms with E-state index in [2.05, 4.69) is 19.9 Å². The molecule has 2 nitrogen and oxygen atoms in total. The quantitative estimate of drug-likeness (QED) is 0.672. The summed E-state index contributed by atoms with van der Waals surface area (Å²) >= 11 is 0. The van der Waals surface area contributed by atoms with Crippen molar-refractivity contribution in [3.05, 3.63) is 35.5 Å². The molecule has 5 aliphatic rings. The molecular formula is C20H24O2. The summed E-state index contributed by atoms with van der Waals surface area (Å²) in [6.45, 7) is 4.93. The second kappa shape index (κ2) is 3.84. The minimum atomic E-state index is -0.304. The summed E-state index contributed by atoms with van der Waals surface area (Å²) in [6.07, 6.45) is 15.1. The highest BCUT2D eigenvalue weighted by Crippen LogP contribution is 2.67. The van der Waals surface area contributed by atoms with Crippen molar-refractivity contribution in [3.8, 4) is 0 Å². The predicted molar refractivity (Wildman–Crippen MR) is 85.3 cm³/mol. The lowest BCUT2D eigenvalue weighted by Crippen LogP contribution is -2.54. The molecule has 2 aliphatic heterocycles. The van der Waals surface area contributed by atoms with Gasteiger partial charge in [-0.1, -0.05) is 19.9 Å². The number of hydrogen-bond donors (Lipinski definition) is 0. The Morgan fingerprint density at radius 3 is 2.91 bits per heavy atom. The number of rotatable bonds is 0. The molecule has 5 atom stereocenters. The first kappa shape index (κ1) is 13.3. The average molecular weight is 296 g/mol. The third-order valence-corrected chi connectivity index (χ3v) is 7.71. The lowest BCUT2D eigenvalue weighted by atomic mass is 9.57. The first-order valence-electron chi connectivity index (χ1n) is 8.85. The van der Waals surface area contributed by atoms with E-state index in [1.807, 2.05) is 6.08 Å². The fourth-order valence-electron chi connectivity index (χ4n) is 6.22. The van der Waals surface area contributed by atoms with Crippen LogP contribution in [0.1, 0.15) is 52.4 Å². The summed E-state index contributed by atoms with van der Waals surface area (Å²) < 4.78 is 6.88. The van der Waals surface area contributed by atoms with Crippen molar-refractivity contribution in [2.45, 2.75) is 63.6 Å². The van der Waals surface area contributed by atoms with Gasteiger partial charge in [0.2, 0.25) is 0 Å². The predicted octanol–water partition coefficient (Wildman–Crippen LogP) is 4.13. The van der Waals surface area contributed by atoms with Crippen LogP contribution in [0.25, 0.3) is 0 Å². The van der Waals surface area contributed by atoms with Crippen molar-refractivity contribution in [2.75, 3.05) is 0 Å². The first-order chi connectivity index (χ1) is 10.5. The van der Waals surface area contributed by atoms with Gasteiger partial charge in [-0.15, -0.1) is 0 Å². The van der Waals surface area contributed by atoms with Gasteiger partial charge >= 0.3 is 0 Å². The molecule has 2 heterocycles. The van der Waals surface area contributed by atoms with Crippen molar-refractivity contribution < 1.29 is 9.53 Å². The van der Waals surface area contributed by atoms with E-state index in [1.54, 1.807) is 12.2 Å². The standard InChI is InChI=1S/C20H24O2/c1-13-3-4-17-18(13,2)7-5-14-11-15-12-16(21)6-8-19(15)9-10-20(14,17)22-19/h6,8,11-13,17H,3-5,7,9-10H2,1-2H3/t13-,17+,18+,19-,20+/m0/s1. The Hall–Kier alpha value is -1.15. The van der Waals surface area contributed by atoms with Gasteiger partial charge in [0.25, 0.3) is 0 Å². The normalized spacial score (nSPS) is 51.8. The van der Waals surface area contributed by atoms with Gasteiger partial charge in [-0.3, -0.25) is 4.79 Å². The Labute approximate surface area is 132 Å². The van der Waals surface area contributed by atoms with E-state index in [0.717, 1.165) is 30.8 Å². The Kier molecular flexibility index (Phi) is 2.32. The zero-order valence-electron chi connectivity index (χ0n) is 13.5. The molecule has 3 aliphatic carbocycles. The molecule has 0 amide bonds. The number of fused-ring (bicyclic) bond motifs is 1. The molecule has 0 aromatic rings. The van der Waals surface area contributed by atoms with Crippen LogP contribution in [-0.2, 0) is 9.53 Å². The van der Waals surface area contributed by atoms with Crippen LogP contribution in [0, 0.1) is 17.3 Å². The van der Waals surface area contributed by atoms with Gasteiger partial charge < -0.3 is 4.74 Å². The zero-order valence-corrected chi connectivity index (χ0v) is 13.5. The molecule has 0 aromatic carbocycles. The van der Waals surface area contributed by atoms with Crippen molar-refractivity contribution in [2.24, 2.45) is 17.3 Å². The summed E-state index contributed by atoms with van der Waals surface area (Å²) in [6, 6.07) is 0. The maximum atomic E-state index is 11.8. The first-order valence-corrected chi connectivity index (χ1v) is 8.85. The van der Waals surface area contributed by atoms with Gasteiger partial charge in [-0.25, -0.2) is 0 Å². The van der Waals surface area contributed by atoms with E-state index in [4.69, 9.17) is 4.74 Å². The van der Waals surface area contributed by atoms with Crippen LogP contribution in [0.15, 0.2) is 35.5 Å². The molecule has 5 rings (SSSR count). The number of carbonyl (C=O) groups excluding carboxylic acids is 1. The Morgan fingerprint density at radius 2 is 2.05 bits per heavy atom. The molecule has 2 heteroatoms. The van der Waals surface area contributed by atoms with Crippen LogP contribution in [0.2, 0.25) is 0 Å². The van der Waals surface area contributed by atoms with E-state index in [-0.39, 0.29) is 17.0 Å². The maximum Gasteiger partial charge on any atom is 0.178 e. The van der Waals surface area contributed by atoms with E-state index >= 15 is 0 Å². The molecule has 0 aromatic heterocycles.